The molecule has 0 saturated carbocycles. The monoisotopic (exact) mass is 356 g/mol. The lowest BCUT2D eigenvalue weighted by molar-refractivity contribution is -0.142. The normalized spacial score (nSPS) is 9.92. The average Bonchev–Trinajstić information content (AvgIpc) is 2.56. The molecule has 7 nitrogen and oxygen atoms in total. The minimum absolute atomic E-state index is 0.106. The van der Waals surface area contributed by atoms with Crippen LogP contribution >= 0.6 is 11.8 Å². The van der Waals surface area contributed by atoms with Crippen LogP contribution in [0.15, 0.2) is 24.3 Å². The fourth-order valence-electron chi connectivity index (χ4n) is 1.62. The zero-order valence-corrected chi connectivity index (χ0v) is 14.4. The largest absolute Gasteiger partial charge is 0.493 e. The summed E-state index contributed by atoms with van der Waals surface area (Å²) in [5.41, 5.74) is 0.255. The lowest BCUT2D eigenvalue weighted by Gasteiger charge is -2.10. The summed E-state index contributed by atoms with van der Waals surface area (Å²) >= 11 is 0.811. The third kappa shape index (κ3) is 7.36. The van der Waals surface area contributed by atoms with Crippen molar-refractivity contribution in [2.24, 2.45) is 0 Å². The first kappa shape index (κ1) is 19.8. The van der Waals surface area contributed by atoms with Gasteiger partial charge >= 0.3 is 17.2 Å². The van der Waals surface area contributed by atoms with Crippen molar-refractivity contribution in [1.29, 1.82) is 0 Å². The number of esters is 2. The Bertz CT molecular complexity index is 559. The van der Waals surface area contributed by atoms with E-state index in [0.717, 1.165) is 11.8 Å². The standard InChI is InChI=1S/C16H20O7S/c1-3-20-13-8-6-5-7-12(13)15(18)22-11-23-16(19)24-10-9-14(17)21-4-2/h5-8H,3-4,9-11H2,1-2H3. The summed E-state index contributed by atoms with van der Waals surface area (Å²) < 4.78 is 19.7. The molecule has 0 radical (unpaired) electrons. The number of rotatable bonds is 9. The van der Waals surface area contributed by atoms with Gasteiger partial charge < -0.3 is 18.9 Å². The topological polar surface area (TPSA) is 88.1 Å². The Balaban J connectivity index is 2.30. The second-order valence-electron chi connectivity index (χ2n) is 4.28. The van der Waals surface area contributed by atoms with E-state index in [2.05, 4.69) is 0 Å². The summed E-state index contributed by atoms with van der Waals surface area (Å²) in [5.74, 6) is -0.390. The molecule has 0 bridgehead atoms. The smallest absolute Gasteiger partial charge is 0.370 e. The maximum atomic E-state index is 11.9. The van der Waals surface area contributed by atoms with E-state index in [1.165, 1.54) is 0 Å². The van der Waals surface area contributed by atoms with E-state index < -0.39 is 18.1 Å². The molecule has 8 heteroatoms. The molecule has 132 valence electrons. The Labute approximate surface area is 144 Å². The van der Waals surface area contributed by atoms with Gasteiger partial charge in [-0.3, -0.25) is 4.79 Å². The third-order valence-electron chi connectivity index (χ3n) is 2.61. The zero-order valence-electron chi connectivity index (χ0n) is 13.6. The van der Waals surface area contributed by atoms with Gasteiger partial charge in [-0.25, -0.2) is 9.59 Å². The first-order valence-electron chi connectivity index (χ1n) is 7.42. The van der Waals surface area contributed by atoms with E-state index >= 15 is 0 Å². The molecule has 0 aliphatic carbocycles. The summed E-state index contributed by atoms with van der Waals surface area (Å²) in [5, 5.41) is -0.634. The maximum Gasteiger partial charge on any atom is 0.370 e. The number of ether oxygens (including phenoxy) is 4. The minimum Gasteiger partial charge on any atom is -0.493 e. The maximum absolute atomic E-state index is 11.9. The molecule has 0 N–H and O–H groups in total. The molecular weight excluding hydrogens is 336 g/mol. The molecule has 0 heterocycles. The van der Waals surface area contributed by atoms with Crippen molar-refractivity contribution in [3.05, 3.63) is 29.8 Å². The lowest BCUT2D eigenvalue weighted by Crippen LogP contribution is -2.12. The molecule has 0 unspecified atom stereocenters. The fourth-order valence-corrected chi connectivity index (χ4v) is 2.18. The van der Waals surface area contributed by atoms with Gasteiger partial charge in [-0.15, -0.1) is 0 Å². The number of hydrogen-bond acceptors (Lipinski definition) is 8. The summed E-state index contributed by atoms with van der Waals surface area (Å²) in [6, 6.07) is 6.62. The number of hydrogen-bond donors (Lipinski definition) is 0. The number of carbonyl (C=O) groups excluding carboxylic acids is 3. The Morgan fingerprint density at radius 3 is 2.46 bits per heavy atom. The summed E-state index contributed by atoms with van der Waals surface area (Å²) in [7, 11) is 0. The lowest BCUT2D eigenvalue weighted by atomic mass is 10.2. The highest BCUT2D eigenvalue weighted by molar-refractivity contribution is 8.13. The van der Waals surface area contributed by atoms with E-state index in [1.54, 1.807) is 38.1 Å². The van der Waals surface area contributed by atoms with E-state index in [0.29, 0.717) is 19.0 Å². The Morgan fingerprint density at radius 2 is 1.75 bits per heavy atom. The first-order chi connectivity index (χ1) is 11.6. The first-order valence-corrected chi connectivity index (χ1v) is 8.41. The van der Waals surface area contributed by atoms with E-state index in [1.807, 2.05) is 0 Å². The molecule has 0 aliphatic heterocycles. The van der Waals surface area contributed by atoms with Gasteiger partial charge in [-0.05, 0) is 37.7 Å². The highest BCUT2D eigenvalue weighted by Crippen LogP contribution is 2.19. The molecular formula is C16H20O7S. The Hall–Kier alpha value is -2.22. The van der Waals surface area contributed by atoms with E-state index in [4.69, 9.17) is 18.9 Å². The average molecular weight is 356 g/mol. The number of benzene rings is 1. The van der Waals surface area contributed by atoms with Crippen LogP contribution < -0.4 is 4.74 Å². The molecule has 1 aromatic rings. The summed E-state index contributed by atoms with van der Waals surface area (Å²) in [6.07, 6.45) is 0.106. The predicted octanol–water partition coefficient (Wildman–Crippen LogP) is 3.02. The minimum atomic E-state index is -0.650. The van der Waals surface area contributed by atoms with Crippen molar-refractivity contribution in [3.8, 4) is 5.75 Å². The Kier molecular flexibility index (Phi) is 9.36. The van der Waals surface area contributed by atoms with E-state index in [-0.39, 0.29) is 23.7 Å². The second kappa shape index (κ2) is 11.3. The fraction of sp³-hybridized carbons (Fsp3) is 0.438. The molecule has 1 aromatic carbocycles. The van der Waals surface area contributed by atoms with Crippen molar-refractivity contribution in [2.75, 3.05) is 25.8 Å². The molecule has 0 atom stereocenters. The number of para-hydroxylation sites is 1. The predicted molar refractivity (Wildman–Crippen MR) is 88.1 cm³/mol. The van der Waals surface area contributed by atoms with Crippen LogP contribution in [0.4, 0.5) is 4.79 Å². The third-order valence-corrected chi connectivity index (χ3v) is 3.37. The molecule has 0 fully saturated rings. The quantitative estimate of drug-likeness (QED) is 0.493. The van der Waals surface area contributed by atoms with Gasteiger partial charge in [-0.2, -0.15) is 0 Å². The number of carbonyl (C=O) groups is 3. The Morgan fingerprint density at radius 1 is 1.00 bits per heavy atom. The van der Waals surface area contributed by atoms with Crippen molar-refractivity contribution in [3.63, 3.8) is 0 Å². The van der Waals surface area contributed by atoms with Crippen LogP contribution in [0.5, 0.6) is 5.75 Å². The van der Waals surface area contributed by atoms with Gasteiger partial charge in [0.05, 0.1) is 19.6 Å². The van der Waals surface area contributed by atoms with Crippen LogP contribution in [0.1, 0.15) is 30.6 Å². The molecule has 0 aromatic heterocycles. The van der Waals surface area contributed by atoms with Gasteiger partial charge in [0, 0.05) is 5.75 Å². The van der Waals surface area contributed by atoms with Gasteiger partial charge in [0.25, 0.3) is 0 Å². The van der Waals surface area contributed by atoms with Crippen LogP contribution in [-0.2, 0) is 19.0 Å². The van der Waals surface area contributed by atoms with Gasteiger partial charge in [0.15, 0.2) is 0 Å². The molecule has 24 heavy (non-hydrogen) atoms. The summed E-state index contributed by atoms with van der Waals surface area (Å²) in [6.45, 7) is 3.71. The second-order valence-corrected chi connectivity index (χ2v) is 5.31. The van der Waals surface area contributed by atoms with Crippen molar-refractivity contribution in [1.82, 2.24) is 0 Å². The SMILES string of the molecule is CCOC(=O)CCSC(=O)OCOC(=O)c1ccccc1OCC. The molecule has 0 aliphatic rings. The van der Waals surface area contributed by atoms with E-state index in [9.17, 15) is 14.4 Å². The van der Waals surface area contributed by atoms with Crippen molar-refractivity contribution < 1.29 is 33.3 Å². The van der Waals surface area contributed by atoms with Crippen LogP contribution in [0.3, 0.4) is 0 Å². The van der Waals surface area contributed by atoms with Gasteiger partial charge in [0.2, 0.25) is 6.79 Å². The molecule has 0 amide bonds. The highest BCUT2D eigenvalue weighted by Gasteiger charge is 2.14. The summed E-state index contributed by atoms with van der Waals surface area (Å²) in [4.78, 5) is 34.5. The van der Waals surface area contributed by atoms with Crippen LogP contribution in [0.25, 0.3) is 0 Å². The molecule has 0 spiro atoms. The molecule has 1 rings (SSSR count). The highest BCUT2D eigenvalue weighted by atomic mass is 32.2. The van der Waals surface area contributed by atoms with Crippen LogP contribution in [0.2, 0.25) is 0 Å². The zero-order chi connectivity index (χ0) is 17.8. The van der Waals surface area contributed by atoms with Crippen molar-refractivity contribution in [2.45, 2.75) is 20.3 Å². The molecule has 0 saturated heterocycles. The van der Waals surface area contributed by atoms with Crippen LogP contribution in [0, 0.1) is 0 Å². The van der Waals surface area contributed by atoms with Gasteiger partial charge in [-0.1, -0.05) is 12.1 Å². The van der Waals surface area contributed by atoms with Crippen LogP contribution in [-0.4, -0.2) is 43.0 Å². The number of thioether (sulfide) groups is 1. The van der Waals surface area contributed by atoms with Crippen molar-refractivity contribution >= 4 is 29.0 Å². The van der Waals surface area contributed by atoms with Gasteiger partial charge in [0.1, 0.15) is 11.3 Å².